The Morgan fingerprint density at radius 3 is 2.30 bits per heavy atom. The van der Waals surface area contributed by atoms with Crippen LogP contribution in [0.3, 0.4) is 0 Å². The lowest BCUT2D eigenvalue weighted by Gasteiger charge is -2.48. The average Bonchev–Trinajstić information content (AvgIpc) is 2.41. The number of ether oxygens (including phenoxy) is 2. The van der Waals surface area contributed by atoms with Gasteiger partial charge in [-0.15, -0.1) is 0 Å². The van der Waals surface area contributed by atoms with E-state index in [0.29, 0.717) is 5.92 Å². The Hall–Kier alpha value is -0.160. The van der Waals surface area contributed by atoms with Gasteiger partial charge in [-0.3, -0.25) is 4.90 Å². The molecule has 3 rings (SSSR count). The molecule has 0 aromatic heterocycles. The van der Waals surface area contributed by atoms with E-state index in [2.05, 4.69) is 37.6 Å². The first-order chi connectivity index (χ1) is 10.9. The Bertz CT molecular complexity index is 370. The van der Waals surface area contributed by atoms with Crippen LogP contribution in [0.4, 0.5) is 0 Å². The molecule has 0 aromatic rings. The van der Waals surface area contributed by atoms with E-state index in [-0.39, 0.29) is 17.8 Å². The third-order valence-corrected chi connectivity index (χ3v) is 5.85. The summed E-state index contributed by atoms with van der Waals surface area (Å²) in [6, 6.07) is 0. The Balaban J connectivity index is 1.65. The van der Waals surface area contributed by atoms with E-state index >= 15 is 0 Å². The summed E-state index contributed by atoms with van der Waals surface area (Å²) in [6.45, 7) is 13.2. The SMILES string of the molecule is CN1CCN(C[C@H]2OCC[C@@H](C3CCC3)[C@H]2OC(C)(C)C)CC1. The Morgan fingerprint density at radius 1 is 1.04 bits per heavy atom. The van der Waals surface area contributed by atoms with Gasteiger partial charge in [-0.05, 0) is 46.1 Å². The molecule has 2 heterocycles. The molecule has 4 heteroatoms. The van der Waals surface area contributed by atoms with Crippen molar-refractivity contribution in [1.29, 1.82) is 0 Å². The maximum atomic E-state index is 6.56. The molecule has 1 saturated carbocycles. The van der Waals surface area contributed by atoms with Crippen molar-refractivity contribution in [2.24, 2.45) is 11.8 Å². The van der Waals surface area contributed by atoms with Crippen molar-refractivity contribution in [2.75, 3.05) is 46.4 Å². The summed E-state index contributed by atoms with van der Waals surface area (Å²) in [4.78, 5) is 4.99. The fourth-order valence-electron chi connectivity index (χ4n) is 4.28. The van der Waals surface area contributed by atoms with E-state index < -0.39 is 0 Å². The van der Waals surface area contributed by atoms with Crippen LogP contribution in [-0.4, -0.2) is 74.0 Å². The first kappa shape index (κ1) is 17.7. The number of likely N-dealkylation sites (N-methyl/N-ethyl adjacent to an activating group) is 1. The third-order valence-electron chi connectivity index (χ3n) is 5.85. The zero-order valence-corrected chi connectivity index (χ0v) is 15.6. The summed E-state index contributed by atoms with van der Waals surface area (Å²) in [7, 11) is 2.21. The molecule has 0 radical (unpaired) electrons. The maximum absolute atomic E-state index is 6.56. The quantitative estimate of drug-likeness (QED) is 0.794. The highest BCUT2D eigenvalue weighted by Gasteiger charge is 2.43. The molecule has 3 fully saturated rings. The van der Waals surface area contributed by atoms with Crippen LogP contribution < -0.4 is 0 Å². The number of rotatable bonds is 4. The second kappa shape index (κ2) is 7.38. The van der Waals surface area contributed by atoms with Crippen LogP contribution in [0.5, 0.6) is 0 Å². The second-order valence-electron chi connectivity index (χ2n) is 8.85. The summed E-state index contributed by atoms with van der Waals surface area (Å²) in [5, 5.41) is 0. The lowest BCUT2D eigenvalue weighted by atomic mass is 9.70. The van der Waals surface area contributed by atoms with Crippen molar-refractivity contribution >= 4 is 0 Å². The van der Waals surface area contributed by atoms with Crippen molar-refractivity contribution in [3.8, 4) is 0 Å². The Labute approximate surface area is 142 Å². The van der Waals surface area contributed by atoms with Crippen molar-refractivity contribution in [3.63, 3.8) is 0 Å². The summed E-state index contributed by atoms with van der Waals surface area (Å²) in [5.74, 6) is 1.58. The Morgan fingerprint density at radius 2 is 1.74 bits per heavy atom. The summed E-state index contributed by atoms with van der Waals surface area (Å²) < 4.78 is 12.8. The normalized spacial score (nSPS) is 35.2. The molecule has 0 spiro atoms. The number of nitrogens with zero attached hydrogens (tertiary/aromatic N) is 2. The highest BCUT2D eigenvalue weighted by molar-refractivity contribution is 4.92. The molecule has 0 amide bonds. The van der Waals surface area contributed by atoms with Gasteiger partial charge in [0.1, 0.15) is 0 Å². The van der Waals surface area contributed by atoms with Crippen molar-refractivity contribution in [1.82, 2.24) is 9.80 Å². The molecule has 3 atom stereocenters. The van der Waals surface area contributed by atoms with E-state index in [1.165, 1.54) is 38.8 Å². The van der Waals surface area contributed by atoms with Crippen molar-refractivity contribution < 1.29 is 9.47 Å². The molecular formula is C19H36N2O2. The van der Waals surface area contributed by atoms with Crippen LogP contribution in [0.15, 0.2) is 0 Å². The summed E-state index contributed by atoms with van der Waals surface area (Å²) in [6.07, 6.45) is 5.91. The smallest absolute Gasteiger partial charge is 0.0966 e. The van der Waals surface area contributed by atoms with Gasteiger partial charge in [0.05, 0.1) is 17.8 Å². The van der Waals surface area contributed by atoms with Gasteiger partial charge in [0.15, 0.2) is 0 Å². The van der Waals surface area contributed by atoms with Crippen LogP contribution in [0.2, 0.25) is 0 Å². The first-order valence-electron chi connectivity index (χ1n) is 9.63. The minimum Gasteiger partial charge on any atom is -0.374 e. The third kappa shape index (κ3) is 4.68. The van der Waals surface area contributed by atoms with Crippen molar-refractivity contribution in [2.45, 2.75) is 64.3 Å². The molecular weight excluding hydrogens is 288 g/mol. The summed E-state index contributed by atoms with van der Waals surface area (Å²) in [5.41, 5.74) is -0.0896. The first-order valence-corrected chi connectivity index (χ1v) is 9.63. The predicted molar refractivity (Wildman–Crippen MR) is 93.8 cm³/mol. The molecule has 4 nitrogen and oxygen atoms in total. The molecule has 2 saturated heterocycles. The number of hydrogen-bond donors (Lipinski definition) is 0. The predicted octanol–water partition coefficient (Wildman–Crippen LogP) is 2.62. The van der Waals surface area contributed by atoms with Crippen LogP contribution in [0.1, 0.15) is 46.5 Å². The van der Waals surface area contributed by atoms with Crippen LogP contribution in [0.25, 0.3) is 0 Å². The molecule has 3 aliphatic rings. The maximum Gasteiger partial charge on any atom is 0.0966 e. The average molecular weight is 325 g/mol. The molecule has 2 aliphatic heterocycles. The minimum atomic E-state index is -0.0896. The van der Waals surface area contributed by atoms with Crippen molar-refractivity contribution in [3.05, 3.63) is 0 Å². The van der Waals surface area contributed by atoms with E-state index in [1.807, 2.05) is 0 Å². The van der Waals surface area contributed by atoms with Gasteiger partial charge in [-0.1, -0.05) is 19.3 Å². The van der Waals surface area contributed by atoms with E-state index in [0.717, 1.165) is 32.2 Å². The van der Waals surface area contributed by atoms with Crippen LogP contribution in [-0.2, 0) is 9.47 Å². The fraction of sp³-hybridized carbons (Fsp3) is 1.00. The van der Waals surface area contributed by atoms with Gasteiger partial charge >= 0.3 is 0 Å². The molecule has 0 N–H and O–H groups in total. The number of hydrogen-bond acceptors (Lipinski definition) is 4. The molecule has 23 heavy (non-hydrogen) atoms. The molecule has 0 bridgehead atoms. The highest BCUT2D eigenvalue weighted by atomic mass is 16.6. The van der Waals surface area contributed by atoms with Gasteiger partial charge in [0.2, 0.25) is 0 Å². The second-order valence-corrected chi connectivity index (χ2v) is 8.85. The molecule has 1 aliphatic carbocycles. The molecule has 0 unspecified atom stereocenters. The zero-order chi connectivity index (χ0) is 16.4. The van der Waals surface area contributed by atoms with Crippen LogP contribution >= 0.6 is 0 Å². The standard InChI is InChI=1S/C19H36N2O2/c1-19(2,3)23-18-16(15-6-5-7-15)8-13-22-17(18)14-21-11-9-20(4)10-12-21/h15-18H,5-14H2,1-4H3/t16-,17+,18+/m0/s1. The summed E-state index contributed by atoms with van der Waals surface area (Å²) >= 11 is 0. The van der Waals surface area contributed by atoms with E-state index in [4.69, 9.17) is 9.47 Å². The lowest BCUT2D eigenvalue weighted by molar-refractivity contribution is -0.196. The van der Waals surface area contributed by atoms with Gasteiger partial charge in [-0.2, -0.15) is 0 Å². The monoisotopic (exact) mass is 324 g/mol. The number of piperazine rings is 1. The molecule has 0 aromatic carbocycles. The van der Waals surface area contributed by atoms with Gasteiger partial charge < -0.3 is 14.4 Å². The van der Waals surface area contributed by atoms with Gasteiger partial charge in [-0.25, -0.2) is 0 Å². The lowest BCUT2D eigenvalue weighted by Crippen LogP contribution is -2.55. The largest absolute Gasteiger partial charge is 0.374 e. The topological polar surface area (TPSA) is 24.9 Å². The van der Waals surface area contributed by atoms with Gasteiger partial charge in [0.25, 0.3) is 0 Å². The zero-order valence-electron chi connectivity index (χ0n) is 15.6. The Kier molecular flexibility index (Phi) is 5.67. The highest BCUT2D eigenvalue weighted by Crippen LogP contribution is 2.42. The molecule has 134 valence electrons. The van der Waals surface area contributed by atoms with E-state index in [9.17, 15) is 0 Å². The van der Waals surface area contributed by atoms with Crippen LogP contribution in [0, 0.1) is 11.8 Å². The minimum absolute atomic E-state index is 0.0896. The van der Waals surface area contributed by atoms with Gasteiger partial charge in [0, 0.05) is 39.3 Å². The fourth-order valence-corrected chi connectivity index (χ4v) is 4.28. The van der Waals surface area contributed by atoms with E-state index in [1.54, 1.807) is 0 Å².